The molecule has 13 nitrogen and oxygen atoms in total. The van der Waals surface area contributed by atoms with Crippen molar-refractivity contribution in [3.63, 3.8) is 0 Å². The van der Waals surface area contributed by atoms with Gasteiger partial charge in [-0.05, 0) is 49.2 Å². The zero-order chi connectivity index (χ0) is 39.3. The van der Waals surface area contributed by atoms with Crippen molar-refractivity contribution < 1.29 is 29.3 Å². The Morgan fingerprint density at radius 2 is 1.49 bits per heavy atom. The predicted molar refractivity (Wildman–Crippen MR) is 212 cm³/mol. The molecule has 0 bridgehead atoms. The molecule has 2 heterocycles. The zero-order valence-electron chi connectivity index (χ0n) is 31.8. The lowest BCUT2D eigenvalue weighted by molar-refractivity contribution is -0.118. The third kappa shape index (κ3) is 9.64. The largest absolute Gasteiger partial charge is 0.495 e. The van der Waals surface area contributed by atoms with Gasteiger partial charge in [-0.3, -0.25) is 18.7 Å². The van der Waals surface area contributed by atoms with Gasteiger partial charge in [0, 0.05) is 6.54 Å². The molecule has 0 radical (unpaired) electrons. The van der Waals surface area contributed by atoms with Gasteiger partial charge in [-0.15, -0.1) is 0 Å². The van der Waals surface area contributed by atoms with E-state index < -0.39 is 35.0 Å². The number of nitrogens with one attached hydrogen (secondary N) is 1. The van der Waals surface area contributed by atoms with Gasteiger partial charge in [-0.1, -0.05) is 107 Å². The lowest BCUT2D eigenvalue weighted by atomic mass is 10.1. The maximum absolute atomic E-state index is 14.7. The maximum atomic E-state index is 14.7. The molecule has 0 saturated heterocycles. The zero-order valence-corrected chi connectivity index (χ0v) is 31.8. The number of amides is 1. The van der Waals surface area contributed by atoms with Crippen LogP contribution in [-0.4, -0.2) is 54.5 Å². The molecule has 55 heavy (non-hydrogen) atoms. The summed E-state index contributed by atoms with van der Waals surface area (Å²) in [6.45, 7) is 4.16. The Balaban J connectivity index is 1.64. The van der Waals surface area contributed by atoms with Crippen LogP contribution >= 0.6 is 0 Å². The number of fused-ring (bicyclic) bond motifs is 1. The van der Waals surface area contributed by atoms with Gasteiger partial charge < -0.3 is 25.0 Å². The Bertz CT molecular complexity index is 2190. The molecule has 1 unspecified atom stereocenters. The fourth-order valence-corrected chi connectivity index (χ4v) is 6.80. The molecule has 2 aromatic heterocycles. The number of rotatable bonds is 21. The highest BCUT2D eigenvalue weighted by Gasteiger charge is 2.36. The van der Waals surface area contributed by atoms with Crippen molar-refractivity contribution >= 4 is 28.5 Å². The van der Waals surface area contributed by atoms with Gasteiger partial charge >= 0.3 is 11.7 Å². The lowest BCUT2D eigenvalue weighted by Crippen LogP contribution is -2.39. The number of ether oxygens (including phenoxy) is 2. The van der Waals surface area contributed by atoms with E-state index in [0.29, 0.717) is 12.2 Å². The Morgan fingerprint density at radius 1 is 0.836 bits per heavy atom. The second-order valence-electron chi connectivity index (χ2n) is 13.5. The topological polar surface area (TPSA) is 167 Å². The summed E-state index contributed by atoms with van der Waals surface area (Å²) in [6, 6.07) is 18.2. The molecule has 0 aliphatic rings. The Hall–Kier alpha value is -5.85. The number of hydrogen-bond donors (Lipinski definition) is 3. The number of para-hydroxylation sites is 2. The minimum atomic E-state index is -1.69. The number of carbonyl (C=O) groups excluding carboxylic acids is 1. The second-order valence-corrected chi connectivity index (χ2v) is 13.5. The van der Waals surface area contributed by atoms with Gasteiger partial charge in [-0.25, -0.2) is 19.1 Å². The van der Waals surface area contributed by atoms with Gasteiger partial charge in [0.1, 0.15) is 11.6 Å². The molecule has 5 aromatic rings. The first-order valence-corrected chi connectivity index (χ1v) is 19.1. The fourth-order valence-electron chi connectivity index (χ4n) is 6.80. The van der Waals surface area contributed by atoms with E-state index in [1.807, 2.05) is 30.3 Å². The third-order valence-corrected chi connectivity index (χ3v) is 9.65. The number of carboxylic acids is 1. The first kappa shape index (κ1) is 40.3. The summed E-state index contributed by atoms with van der Waals surface area (Å²) < 4.78 is 14.8. The van der Waals surface area contributed by atoms with E-state index in [1.165, 1.54) is 66.5 Å². The fraction of sp³-hybridized carbons (Fsp3) is 0.405. The van der Waals surface area contributed by atoms with Crippen molar-refractivity contribution in [2.24, 2.45) is 0 Å². The number of aromatic nitrogens is 4. The van der Waals surface area contributed by atoms with E-state index in [0.717, 1.165) is 35.8 Å². The second kappa shape index (κ2) is 19.5. The number of carbonyl (C=O) groups is 2. The molecule has 292 valence electrons. The van der Waals surface area contributed by atoms with E-state index in [1.54, 1.807) is 31.2 Å². The summed E-state index contributed by atoms with van der Waals surface area (Å²) in [4.78, 5) is 60.3. The molecule has 3 aromatic carbocycles. The van der Waals surface area contributed by atoms with E-state index in [-0.39, 0.29) is 53.6 Å². The minimum absolute atomic E-state index is 0.0188. The average Bonchev–Trinajstić information content (AvgIpc) is 3.40. The normalized spacial score (nSPS) is 11.8. The van der Waals surface area contributed by atoms with Crippen LogP contribution in [0.15, 0.2) is 82.4 Å². The van der Waals surface area contributed by atoms with E-state index in [2.05, 4.69) is 12.2 Å². The van der Waals surface area contributed by atoms with Gasteiger partial charge in [-0.2, -0.15) is 0 Å². The molecule has 0 aliphatic carbocycles. The van der Waals surface area contributed by atoms with E-state index >= 15 is 0 Å². The molecule has 5 rings (SSSR count). The number of aromatic carboxylic acids is 1. The number of unbranched alkanes of at least 4 members (excludes halogenated alkanes) is 9. The van der Waals surface area contributed by atoms with Crippen LogP contribution in [0.4, 0.5) is 5.69 Å². The number of imidazole rings is 1. The highest BCUT2D eigenvalue weighted by Crippen LogP contribution is 2.33. The van der Waals surface area contributed by atoms with Crippen molar-refractivity contribution in [1.82, 2.24) is 18.7 Å². The molecular weight excluding hydrogens is 702 g/mol. The van der Waals surface area contributed by atoms with E-state index in [9.17, 15) is 29.4 Å². The Kier molecular flexibility index (Phi) is 14.3. The SMILES string of the molecule is CCCCCCCCCCCCn1c(C(C(=O)Nc2ccccc2OC)n2c(O)c(OCC)n(Cc3ccccc3)c2=O)nc2ccc(C(=O)O)cc2c1=O. The highest BCUT2D eigenvalue weighted by molar-refractivity contribution is 5.97. The van der Waals surface area contributed by atoms with Crippen LogP contribution in [0.3, 0.4) is 0 Å². The first-order chi connectivity index (χ1) is 26.7. The predicted octanol–water partition coefficient (Wildman–Crippen LogP) is 7.37. The number of aromatic hydroxyl groups is 1. The quantitative estimate of drug-likeness (QED) is 0.0649. The summed E-state index contributed by atoms with van der Waals surface area (Å²) in [5, 5.41) is 24.4. The smallest absolute Gasteiger partial charge is 0.335 e. The number of hydrogen-bond acceptors (Lipinski definition) is 8. The van der Waals surface area contributed by atoms with Crippen LogP contribution in [0.25, 0.3) is 10.9 Å². The number of anilines is 1. The van der Waals surface area contributed by atoms with Crippen LogP contribution in [0.2, 0.25) is 0 Å². The van der Waals surface area contributed by atoms with Crippen molar-refractivity contribution in [1.29, 1.82) is 0 Å². The lowest BCUT2D eigenvalue weighted by Gasteiger charge is -2.23. The molecule has 0 fully saturated rings. The van der Waals surface area contributed by atoms with Gasteiger partial charge in [0.05, 0.1) is 42.4 Å². The van der Waals surface area contributed by atoms with Gasteiger partial charge in [0.25, 0.3) is 23.2 Å². The third-order valence-electron chi connectivity index (χ3n) is 9.65. The van der Waals surface area contributed by atoms with Crippen molar-refractivity contribution in [2.45, 2.75) is 97.2 Å². The Morgan fingerprint density at radius 3 is 2.15 bits per heavy atom. The first-order valence-electron chi connectivity index (χ1n) is 19.1. The summed E-state index contributed by atoms with van der Waals surface area (Å²) in [5.74, 6) is -2.53. The van der Waals surface area contributed by atoms with Crippen molar-refractivity contribution in [2.75, 3.05) is 19.0 Å². The van der Waals surface area contributed by atoms with Crippen LogP contribution in [0, 0.1) is 0 Å². The standard InChI is InChI=1S/C42H51N5O8/c1-4-6-7-8-9-10-11-12-13-19-26-45-36(43-32-25-24-30(41(51)52)27-31(32)38(45)49)35(37(48)44-33-22-17-18-23-34(33)54-3)47-39(50)40(55-5-2)46(42(47)53)28-29-20-15-14-16-21-29/h14-18,20-25,27,35,50H,4-13,19,26,28H2,1-3H3,(H,44,48)(H,51,52). The van der Waals surface area contributed by atoms with Crippen LogP contribution in [0.1, 0.15) is 106 Å². The molecule has 1 amide bonds. The molecule has 0 aliphatic heterocycles. The molecular formula is C42H51N5O8. The monoisotopic (exact) mass is 753 g/mol. The number of carboxylic acid groups (broad SMARTS) is 1. The number of benzene rings is 3. The molecule has 0 saturated carbocycles. The Labute approximate surface area is 320 Å². The maximum Gasteiger partial charge on any atom is 0.335 e. The average molecular weight is 754 g/mol. The molecule has 13 heteroatoms. The van der Waals surface area contributed by atoms with Gasteiger partial charge in [0.15, 0.2) is 6.04 Å². The molecule has 1 atom stereocenters. The summed E-state index contributed by atoms with van der Waals surface area (Å²) >= 11 is 0. The summed E-state index contributed by atoms with van der Waals surface area (Å²) in [6.07, 6.45) is 10.6. The minimum Gasteiger partial charge on any atom is -0.495 e. The highest BCUT2D eigenvalue weighted by atomic mass is 16.5. The van der Waals surface area contributed by atoms with Crippen molar-refractivity contribution in [3.8, 4) is 17.5 Å². The number of nitrogens with zero attached hydrogens (tertiary/aromatic N) is 4. The van der Waals surface area contributed by atoms with Crippen LogP contribution in [0.5, 0.6) is 17.5 Å². The molecule has 3 N–H and O–H groups in total. The van der Waals surface area contributed by atoms with Crippen molar-refractivity contribution in [3.05, 3.63) is 111 Å². The number of methoxy groups -OCH3 is 1. The van der Waals surface area contributed by atoms with Crippen LogP contribution < -0.4 is 26.0 Å². The summed E-state index contributed by atoms with van der Waals surface area (Å²) in [7, 11) is 1.46. The van der Waals surface area contributed by atoms with Crippen LogP contribution in [-0.2, 0) is 17.9 Å². The molecule has 0 spiro atoms. The van der Waals surface area contributed by atoms with Gasteiger partial charge in [0.2, 0.25) is 0 Å². The van der Waals surface area contributed by atoms with E-state index in [4.69, 9.17) is 14.5 Å². The summed E-state index contributed by atoms with van der Waals surface area (Å²) in [5.41, 5.74) is -0.282.